The smallest absolute Gasteiger partial charge is 0.263 e. The predicted molar refractivity (Wildman–Crippen MR) is 146 cm³/mol. The van der Waals surface area contributed by atoms with Crippen molar-refractivity contribution in [1.82, 2.24) is 19.9 Å². The van der Waals surface area contributed by atoms with E-state index in [0.717, 1.165) is 0 Å². The summed E-state index contributed by atoms with van der Waals surface area (Å²) in [5.41, 5.74) is 0.0743. The van der Waals surface area contributed by atoms with Crippen molar-refractivity contribution in [2.45, 2.75) is 24.2 Å². The van der Waals surface area contributed by atoms with E-state index >= 15 is 0 Å². The molecule has 3 N–H and O–H groups in total. The molecule has 4 aromatic rings. The molecule has 0 saturated heterocycles. The van der Waals surface area contributed by atoms with Crippen LogP contribution < -0.4 is 18.9 Å². The molecule has 12 nitrogen and oxygen atoms in total. The number of nitrogens with one attached hydrogen (secondary N) is 1. The first kappa shape index (κ1) is 21.5. The van der Waals surface area contributed by atoms with Gasteiger partial charge in [0.25, 0.3) is 15.9 Å². The molecular weight excluding hydrogens is 538 g/mol. The van der Waals surface area contributed by atoms with E-state index in [1.807, 2.05) is 13.8 Å². The Morgan fingerprint density at radius 1 is 1.00 bits per heavy atom. The fourth-order valence-electron chi connectivity index (χ4n) is 3.38. The van der Waals surface area contributed by atoms with Gasteiger partial charge in [-0.25, -0.2) is 23.4 Å². The van der Waals surface area contributed by atoms with Crippen LogP contribution in [0.1, 0.15) is 23.5 Å². The van der Waals surface area contributed by atoms with E-state index in [2.05, 4.69) is 30.2 Å². The zero-order valence-electron chi connectivity index (χ0n) is 27.5. The van der Waals surface area contributed by atoms with Gasteiger partial charge in [0, 0.05) is 17.8 Å². The predicted octanol–water partition coefficient (Wildman–Crippen LogP) is 3.18. The van der Waals surface area contributed by atoms with E-state index in [9.17, 15) is 8.42 Å². The van der Waals surface area contributed by atoms with Gasteiger partial charge < -0.3 is 24.4 Å². The molecule has 2 heterocycles. The Balaban J connectivity index is 1.89. The van der Waals surface area contributed by atoms with Crippen molar-refractivity contribution < 1.29 is 38.4 Å². The van der Waals surface area contributed by atoms with Gasteiger partial charge >= 0.3 is 0 Å². The summed E-state index contributed by atoms with van der Waals surface area (Å²) in [6, 6.07) is 12.9. The lowest BCUT2D eigenvalue weighted by Gasteiger charge is -2.22. The van der Waals surface area contributed by atoms with Gasteiger partial charge in [-0.2, -0.15) is 4.98 Å². The summed E-state index contributed by atoms with van der Waals surface area (Å²) in [4.78, 5) is 16.5. The summed E-state index contributed by atoms with van der Waals surface area (Å²) in [5.74, 6) is -2.26. The van der Waals surface area contributed by atoms with Crippen molar-refractivity contribution in [2.24, 2.45) is 0 Å². The second-order valence-corrected chi connectivity index (χ2v) is 10.5. The lowest BCUT2D eigenvalue weighted by Crippen LogP contribution is -2.22. The number of benzene rings is 2. The van der Waals surface area contributed by atoms with Crippen LogP contribution in [0.3, 0.4) is 0 Å². The molecule has 0 spiro atoms. The number of hydrogen-bond acceptors (Lipinski definition) is 11. The van der Waals surface area contributed by atoms with E-state index in [4.69, 9.17) is 22.6 Å². The molecule has 0 saturated carbocycles. The quantitative estimate of drug-likeness (QED) is 0.190. The van der Waals surface area contributed by atoms with Crippen LogP contribution in [0.2, 0.25) is 1.41 Å². The maximum Gasteiger partial charge on any atom is 0.263 e. The lowest BCUT2D eigenvalue weighted by atomic mass is 9.86. The topological polar surface area (TPSA) is 166 Å². The van der Waals surface area contributed by atoms with Gasteiger partial charge in [-0.1, -0.05) is 38.1 Å². The standard InChI is InChI=1S/C27H29N5O7S/c1-27(2,17-34)18-9-11-19(12-10-18)40(35,36)32-23-22(39-21-8-5-4-7-20(21)37-3)26(38-16-15-33)31-25(30-23)24-28-13-6-14-29-24/h4-14,33-34H,15-17H2,1-3H3,(H,30,31,32)/i3D3,33D,34D/hD. The zero-order chi connectivity index (χ0) is 33.5. The molecule has 40 heavy (non-hydrogen) atoms. The highest BCUT2D eigenvalue weighted by Gasteiger charge is 2.27. The summed E-state index contributed by atoms with van der Waals surface area (Å²) < 4.78 is 90.0. The van der Waals surface area contributed by atoms with E-state index in [-0.39, 0.29) is 52.6 Å². The summed E-state index contributed by atoms with van der Waals surface area (Å²) in [6.45, 7) is 3.20. The van der Waals surface area contributed by atoms with Gasteiger partial charge in [0.2, 0.25) is 14.4 Å². The van der Waals surface area contributed by atoms with Crippen LogP contribution in [0.5, 0.6) is 23.1 Å². The SMILES string of the molecule is [2H]OCCOc1nc(-c2ncccn2)nc(N([2H])S(=O)(=O)c2ccc(C(C)(C)CO[2H])cc2)c1Oc1ccccc1OC([2H])([2H])[2H]. The molecule has 0 atom stereocenters. The maximum atomic E-state index is 13.8. The number of aliphatic hydroxyl groups is 2. The van der Waals surface area contributed by atoms with Crippen LogP contribution in [0.15, 0.2) is 71.9 Å². The third-order valence-electron chi connectivity index (χ3n) is 5.58. The Morgan fingerprint density at radius 3 is 2.45 bits per heavy atom. The average molecular weight is 574 g/mol. The van der Waals surface area contributed by atoms with Crippen LogP contribution in [0, 0.1) is 0 Å². The minimum Gasteiger partial charge on any atom is -0.493 e. The Hall–Kier alpha value is -4.33. The van der Waals surface area contributed by atoms with Crippen LogP contribution in [-0.2, 0) is 15.4 Å². The molecule has 0 aliphatic carbocycles. The molecule has 0 bridgehead atoms. The van der Waals surface area contributed by atoms with Crippen LogP contribution in [0.25, 0.3) is 11.6 Å². The molecule has 2 aromatic heterocycles. The summed E-state index contributed by atoms with van der Waals surface area (Å²) in [7, 11) is -7.54. The molecule has 0 aliphatic heterocycles. The number of aromatic nitrogens is 4. The second kappa shape index (κ2) is 12.2. The average Bonchev–Trinajstić information content (AvgIpc) is 3.02. The molecule has 0 fully saturated rings. The molecule has 2 aromatic carbocycles. The van der Waals surface area contributed by atoms with Gasteiger partial charge in [0.15, 0.2) is 24.6 Å². The van der Waals surface area contributed by atoms with E-state index in [1.54, 1.807) is 0 Å². The van der Waals surface area contributed by atoms with Crippen molar-refractivity contribution in [1.29, 1.82) is 2.86 Å². The van der Waals surface area contributed by atoms with Crippen molar-refractivity contribution in [3.8, 4) is 34.8 Å². The molecule has 0 radical (unpaired) electrons. The van der Waals surface area contributed by atoms with Crippen LogP contribution >= 0.6 is 0 Å². The highest BCUT2D eigenvalue weighted by Crippen LogP contribution is 2.41. The van der Waals surface area contributed by atoms with Crippen molar-refractivity contribution in [2.75, 3.05) is 31.6 Å². The normalized spacial score (nSPS) is 14.1. The lowest BCUT2D eigenvalue weighted by molar-refractivity contribution is 0.192. The molecule has 210 valence electrons. The number of methoxy groups -OCH3 is 1. The number of ether oxygens (including phenoxy) is 3. The van der Waals surface area contributed by atoms with Crippen LogP contribution in [-0.4, -0.2) is 68.3 Å². The van der Waals surface area contributed by atoms with Gasteiger partial charge in [-0.3, -0.25) is 4.72 Å². The second-order valence-electron chi connectivity index (χ2n) is 8.90. The molecule has 0 amide bonds. The van der Waals surface area contributed by atoms with E-state index in [1.165, 1.54) is 67.0 Å². The Labute approximate surface area is 240 Å². The number of rotatable bonds is 14. The van der Waals surface area contributed by atoms with Crippen molar-refractivity contribution in [3.05, 3.63) is 72.6 Å². The Bertz CT molecular complexity index is 1730. The maximum absolute atomic E-state index is 13.8. The third kappa shape index (κ3) is 6.45. The molecular formula is C27H29N5O7S. The zero-order valence-corrected chi connectivity index (χ0v) is 22.3. The fourth-order valence-corrected chi connectivity index (χ4v) is 4.31. The number of sulfonamides is 1. The minimum absolute atomic E-state index is 0.0444. The fraction of sp³-hybridized carbons (Fsp3) is 0.259. The first-order chi connectivity index (χ1) is 21.8. The Morgan fingerprint density at radius 2 is 1.75 bits per heavy atom. The molecule has 4 rings (SSSR count). The Kier molecular flexibility index (Phi) is 6.57. The summed E-state index contributed by atoms with van der Waals surface area (Å²) in [6.07, 6.45) is 2.80. The highest BCUT2D eigenvalue weighted by atomic mass is 32.2. The van der Waals surface area contributed by atoms with Gasteiger partial charge in [-0.05, 0) is 35.9 Å². The number of para-hydroxylation sites is 2. The number of anilines is 1. The summed E-state index contributed by atoms with van der Waals surface area (Å²) >= 11 is 0. The number of hydrogen-bond donors (Lipinski definition) is 3. The summed E-state index contributed by atoms with van der Waals surface area (Å²) in [5, 5.41) is 8.85. The van der Waals surface area contributed by atoms with Crippen LogP contribution in [0.4, 0.5) is 5.82 Å². The molecule has 13 heteroatoms. The monoisotopic (exact) mass is 573 g/mol. The largest absolute Gasteiger partial charge is 0.493 e. The number of nitrogens with zero attached hydrogens (tertiary/aromatic N) is 4. The third-order valence-corrected chi connectivity index (χ3v) is 6.86. The van der Waals surface area contributed by atoms with Gasteiger partial charge in [0.05, 0.1) is 29.3 Å². The molecule has 0 aliphatic rings. The van der Waals surface area contributed by atoms with E-state index < -0.39 is 39.9 Å². The first-order valence-corrected chi connectivity index (χ1v) is 13.3. The molecule has 0 unspecified atom stereocenters. The first-order valence-electron chi connectivity index (χ1n) is 14.6. The van der Waals surface area contributed by atoms with Gasteiger partial charge in [-0.15, -0.1) is 0 Å². The van der Waals surface area contributed by atoms with Gasteiger partial charge in [0.1, 0.15) is 6.61 Å². The van der Waals surface area contributed by atoms with Crippen molar-refractivity contribution in [3.63, 3.8) is 0 Å². The van der Waals surface area contributed by atoms with E-state index in [0.29, 0.717) is 5.56 Å². The minimum atomic E-state index is -4.67. The van der Waals surface area contributed by atoms with Crippen molar-refractivity contribution >= 4 is 15.8 Å². The highest BCUT2D eigenvalue weighted by molar-refractivity contribution is 7.92. The number of aliphatic hydroxyl groups excluding tert-OH is 2.